The normalized spacial score (nSPS) is 18.0. The topological polar surface area (TPSA) is 120 Å². The molecular weight excluding hydrogens is 490 g/mol. The number of benzene rings is 1. The van der Waals surface area contributed by atoms with E-state index in [0.29, 0.717) is 44.8 Å². The number of aromatic nitrogens is 1. The number of pyridine rings is 1. The molecule has 2 saturated heterocycles. The number of nitrogens with one attached hydrogen (secondary N) is 1. The van der Waals surface area contributed by atoms with E-state index in [0.717, 1.165) is 18.7 Å². The predicted molar refractivity (Wildman–Crippen MR) is 133 cm³/mol. The molecule has 0 spiro atoms. The molecular formula is C23H31N5O5S2. The van der Waals surface area contributed by atoms with Gasteiger partial charge in [0.1, 0.15) is 5.82 Å². The lowest BCUT2D eigenvalue weighted by Crippen LogP contribution is -2.49. The van der Waals surface area contributed by atoms with E-state index in [1.54, 1.807) is 6.20 Å². The monoisotopic (exact) mass is 521 g/mol. The van der Waals surface area contributed by atoms with Gasteiger partial charge in [-0.25, -0.2) is 21.8 Å². The standard InChI is InChI=1S/C23H31N5O5S2/c29-23(20-7-9-21(10-8-20)35(32,33)28-13-3-4-14-28)25-12-5-19-34(30,31)27-17-15-26(16-18-27)22-6-1-2-11-24-22/h1-2,6-11H,3-5,12-19H2,(H,25,29). The molecule has 0 bridgehead atoms. The maximum Gasteiger partial charge on any atom is 0.251 e. The van der Waals surface area contributed by atoms with Crippen molar-refractivity contribution in [1.29, 1.82) is 0 Å². The highest BCUT2D eigenvalue weighted by Crippen LogP contribution is 2.21. The van der Waals surface area contributed by atoms with Crippen LogP contribution in [0.3, 0.4) is 0 Å². The zero-order valence-electron chi connectivity index (χ0n) is 19.5. The lowest BCUT2D eigenvalue weighted by Gasteiger charge is -2.34. The van der Waals surface area contributed by atoms with E-state index in [1.807, 2.05) is 18.2 Å². The second-order valence-electron chi connectivity index (χ2n) is 8.64. The van der Waals surface area contributed by atoms with Crippen molar-refractivity contribution < 1.29 is 21.6 Å². The Morgan fingerprint density at radius 3 is 2.17 bits per heavy atom. The fraction of sp³-hybridized carbons (Fsp3) is 0.478. The van der Waals surface area contributed by atoms with E-state index in [4.69, 9.17) is 0 Å². The van der Waals surface area contributed by atoms with Crippen LogP contribution in [-0.4, -0.2) is 87.9 Å². The molecule has 2 aliphatic heterocycles. The number of piperazine rings is 1. The summed E-state index contributed by atoms with van der Waals surface area (Å²) in [6.07, 6.45) is 3.72. The zero-order chi connectivity index (χ0) is 24.9. The van der Waals surface area contributed by atoms with Crippen LogP contribution in [-0.2, 0) is 20.0 Å². The van der Waals surface area contributed by atoms with Crippen molar-refractivity contribution in [3.63, 3.8) is 0 Å². The van der Waals surface area contributed by atoms with E-state index < -0.39 is 20.0 Å². The molecule has 2 aromatic rings. The average molecular weight is 522 g/mol. The summed E-state index contributed by atoms with van der Waals surface area (Å²) >= 11 is 0. The molecule has 3 heterocycles. The first kappa shape index (κ1) is 25.5. The van der Waals surface area contributed by atoms with Gasteiger partial charge in [-0.1, -0.05) is 6.07 Å². The Hall–Kier alpha value is -2.54. The fourth-order valence-electron chi connectivity index (χ4n) is 4.28. The number of amides is 1. The van der Waals surface area contributed by atoms with E-state index in [-0.39, 0.29) is 29.5 Å². The van der Waals surface area contributed by atoms with Crippen LogP contribution in [0.2, 0.25) is 0 Å². The first-order valence-corrected chi connectivity index (χ1v) is 14.8. The predicted octanol–water partition coefficient (Wildman–Crippen LogP) is 1.14. The third-order valence-electron chi connectivity index (χ3n) is 6.29. The number of sulfonamides is 2. The van der Waals surface area contributed by atoms with Crippen molar-refractivity contribution in [1.82, 2.24) is 18.9 Å². The molecule has 190 valence electrons. The van der Waals surface area contributed by atoms with Crippen LogP contribution in [0.15, 0.2) is 53.6 Å². The van der Waals surface area contributed by atoms with E-state index in [9.17, 15) is 21.6 Å². The lowest BCUT2D eigenvalue weighted by atomic mass is 10.2. The molecule has 35 heavy (non-hydrogen) atoms. The van der Waals surface area contributed by atoms with Gasteiger partial charge in [-0.15, -0.1) is 0 Å². The Morgan fingerprint density at radius 2 is 1.54 bits per heavy atom. The van der Waals surface area contributed by atoms with Crippen LogP contribution in [0.5, 0.6) is 0 Å². The van der Waals surface area contributed by atoms with Crippen LogP contribution in [0.4, 0.5) is 5.82 Å². The van der Waals surface area contributed by atoms with Gasteiger partial charge < -0.3 is 10.2 Å². The Labute approximate surface area is 207 Å². The van der Waals surface area contributed by atoms with Gasteiger partial charge in [-0.3, -0.25) is 4.79 Å². The third-order valence-corrected chi connectivity index (χ3v) is 10.2. The molecule has 0 atom stereocenters. The second kappa shape index (κ2) is 11.0. The van der Waals surface area contributed by atoms with Gasteiger partial charge >= 0.3 is 0 Å². The third kappa shape index (κ3) is 6.18. The van der Waals surface area contributed by atoms with Crippen molar-refractivity contribution in [2.45, 2.75) is 24.2 Å². The van der Waals surface area contributed by atoms with Gasteiger partial charge in [0.05, 0.1) is 10.6 Å². The highest BCUT2D eigenvalue weighted by atomic mass is 32.2. The summed E-state index contributed by atoms with van der Waals surface area (Å²) in [4.78, 5) is 19.0. The highest BCUT2D eigenvalue weighted by Gasteiger charge is 2.28. The minimum Gasteiger partial charge on any atom is -0.354 e. The average Bonchev–Trinajstić information content (AvgIpc) is 3.43. The van der Waals surface area contributed by atoms with Gasteiger partial charge in [0, 0.05) is 57.6 Å². The number of hydrogen-bond acceptors (Lipinski definition) is 7. The van der Waals surface area contributed by atoms with Gasteiger partial charge in [-0.2, -0.15) is 8.61 Å². The Balaban J connectivity index is 1.21. The van der Waals surface area contributed by atoms with Gasteiger partial charge in [0.25, 0.3) is 5.91 Å². The van der Waals surface area contributed by atoms with Gasteiger partial charge in [-0.05, 0) is 55.7 Å². The molecule has 4 rings (SSSR count). The Morgan fingerprint density at radius 1 is 0.857 bits per heavy atom. The number of carbonyl (C=O) groups is 1. The quantitative estimate of drug-likeness (QED) is 0.491. The molecule has 1 amide bonds. The Kier molecular flexibility index (Phi) is 8.05. The minimum atomic E-state index is -3.52. The van der Waals surface area contributed by atoms with Gasteiger partial charge in [0.2, 0.25) is 20.0 Å². The Bertz CT molecular complexity index is 1210. The summed E-state index contributed by atoms with van der Waals surface area (Å²) in [7, 11) is -6.94. The summed E-state index contributed by atoms with van der Waals surface area (Å²) in [6.45, 7) is 3.21. The molecule has 1 N–H and O–H groups in total. The number of nitrogens with zero attached hydrogens (tertiary/aromatic N) is 4. The van der Waals surface area contributed by atoms with Crippen molar-refractivity contribution >= 4 is 31.8 Å². The molecule has 10 nitrogen and oxygen atoms in total. The molecule has 2 fully saturated rings. The second-order valence-corrected chi connectivity index (χ2v) is 12.7. The van der Waals surface area contributed by atoms with Crippen molar-refractivity contribution in [3.8, 4) is 0 Å². The maximum absolute atomic E-state index is 12.7. The summed E-state index contributed by atoms with van der Waals surface area (Å²) in [5.41, 5.74) is 0.332. The van der Waals surface area contributed by atoms with Crippen LogP contribution in [0.1, 0.15) is 29.6 Å². The largest absolute Gasteiger partial charge is 0.354 e. The summed E-state index contributed by atoms with van der Waals surface area (Å²) in [6, 6.07) is 11.5. The number of anilines is 1. The number of carbonyl (C=O) groups excluding carboxylic acids is 1. The van der Waals surface area contributed by atoms with E-state index in [2.05, 4.69) is 15.2 Å². The lowest BCUT2D eigenvalue weighted by molar-refractivity contribution is 0.0953. The summed E-state index contributed by atoms with van der Waals surface area (Å²) in [5, 5.41) is 2.72. The van der Waals surface area contributed by atoms with E-state index in [1.165, 1.54) is 32.9 Å². The smallest absolute Gasteiger partial charge is 0.251 e. The van der Waals surface area contributed by atoms with Crippen molar-refractivity contribution in [2.24, 2.45) is 0 Å². The van der Waals surface area contributed by atoms with Crippen molar-refractivity contribution in [2.75, 3.05) is 56.5 Å². The molecule has 1 aromatic carbocycles. The molecule has 0 saturated carbocycles. The van der Waals surface area contributed by atoms with E-state index >= 15 is 0 Å². The van der Waals surface area contributed by atoms with Gasteiger partial charge in [0.15, 0.2) is 0 Å². The summed E-state index contributed by atoms with van der Waals surface area (Å²) in [5.74, 6) is 0.426. The molecule has 1 aromatic heterocycles. The van der Waals surface area contributed by atoms with Crippen LogP contribution < -0.4 is 10.2 Å². The van der Waals surface area contributed by atoms with Crippen LogP contribution >= 0.6 is 0 Å². The summed E-state index contributed by atoms with van der Waals surface area (Å²) < 4.78 is 53.6. The van der Waals surface area contributed by atoms with Crippen molar-refractivity contribution in [3.05, 3.63) is 54.2 Å². The van der Waals surface area contributed by atoms with Crippen LogP contribution in [0, 0.1) is 0 Å². The SMILES string of the molecule is O=C(NCCCS(=O)(=O)N1CCN(c2ccccn2)CC1)c1ccc(S(=O)(=O)N2CCCC2)cc1. The number of rotatable bonds is 9. The maximum atomic E-state index is 12.7. The minimum absolute atomic E-state index is 0.0517. The molecule has 0 radical (unpaired) electrons. The zero-order valence-corrected chi connectivity index (χ0v) is 21.2. The first-order chi connectivity index (χ1) is 16.8. The molecule has 12 heteroatoms. The molecule has 2 aliphatic rings. The fourth-order valence-corrected chi connectivity index (χ4v) is 7.28. The number of hydrogen-bond donors (Lipinski definition) is 1. The first-order valence-electron chi connectivity index (χ1n) is 11.8. The molecule has 0 aliphatic carbocycles. The molecule has 0 unspecified atom stereocenters. The van der Waals surface area contributed by atoms with Crippen LogP contribution in [0.25, 0.3) is 0 Å². The highest BCUT2D eigenvalue weighted by molar-refractivity contribution is 7.89.